The predicted molar refractivity (Wildman–Crippen MR) is 91.6 cm³/mol. The van der Waals surface area contributed by atoms with Crippen LogP contribution in [0.25, 0.3) is 0 Å². The molecular formula is C20H21NO3. The van der Waals surface area contributed by atoms with E-state index in [4.69, 9.17) is 0 Å². The molecule has 1 aliphatic rings. The Morgan fingerprint density at radius 3 is 2.29 bits per heavy atom. The lowest BCUT2D eigenvalue weighted by Gasteiger charge is -2.14. The van der Waals surface area contributed by atoms with Gasteiger partial charge in [-0.3, -0.25) is 4.79 Å². The monoisotopic (exact) mass is 323 g/mol. The number of carboxylic acid groups (broad SMARTS) is 1. The van der Waals surface area contributed by atoms with Gasteiger partial charge in [-0.05, 0) is 29.4 Å². The largest absolute Gasteiger partial charge is 0.480 e. The molecule has 4 nitrogen and oxygen atoms in total. The van der Waals surface area contributed by atoms with Crippen LogP contribution in [0, 0.1) is 5.92 Å². The Morgan fingerprint density at radius 2 is 1.67 bits per heavy atom. The molecule has 0 saturated heterocycles. The molecule has 4 heteroatoms. The molecule has 2 aromatic rings. The fourth-order valence-electron chi connectivity index (χ4n) is 3.12. The molecule has 0 heterocycles. The Kier molecular flexibility index (Phi) is 4.94. The van der Waals surface area contributed by atoms with Gasteiger partial charge in [-0.15, -0.1) is 0 Å². The van der Waals surface area contributed by atoms with Gasteiger partial charge in [0.15, 0.2) is 0 Å². The number of carbonyl (C=O) groups excluding carboxylic acids is 1. The molecule has 1 amide bonds. The number of hydrogen-bond donors (Lipinski definition) is 2. The maximum Gasteiger partial charge on any atom is 0.326 e. The van der Waals surface area contributed by atoms with Crippen molar-refractivity contribution in [2.24, 2.45) is 5.92 Å². The lowest BCUT2D eigenvalue weighted by atomic mass is 10.1. The van der Waals surface area contributed by atoms with Crippen molar-refractivity contribution in [1.29, 1.82) is 0 Å². The topological polar surface area (TPSA) is 66.4 Å². The molecule has 2 aromatic carbocycles. The number of carboxylic acids is 1. The quantitative estimate of drug-likeness (QED) is 0.823. The van der Waals surface area contributed by atoms with Crippen LogP contribution in [0.1, 0.15) is 29.9 Å². The summed E-state index contributed by atoms with van der Waals surface area (Å²) in [5.74, 6) is -0.433. The lowest BCUT2D eigenvalue weighted by molar-refractivity contribution is -0.141. The number of rotatable bonds is 7. The minimum absolute atomic E-state index is 0.179. The van der Waals surface area contributed by atoms with Crippen molar-refractivity contribution in [2.45, 2.75) is 31.2 Å². The molecule has 0 spiro atoms. The third-order valence-electron chi connectivity index (χ3n) is 4.51. The third kappa shape index (κ3) is 4.22. The number of benzene rings is 2. The van der Waals surface area contributed by atoms with Crippen LogP contribution in [0.5, 0.6) is 0 Å². The Hall–Kier alpha value is -2.62. The van der Waals surface area contributed by atoms with Crippen LogP contribution in [0.15, 0.2) is 60.7 Å². The van der Waals surface area contributed by atoms with E-state index in [1.165, 1.54) is 5.56 Å². The summed E-state index contributed by atoms with van der Waals surface area (Å²) < 4.78 is 0. The summed E-state index contributed by atoms with van der Waals surface area (Å²) in [5.41, 5.74) is 2.16. The van der Waals surface area contributed by atoms with Crippen LogP contribution >= 0.6 is 0 Å². The van der Waals surface area contributed by atoms with Crippen LogP contribution in [0.3, 0.4) is 0 Å². The highest BCUT2D eigenvalue weighted by molar-refractivity contribution is 5.84. The fourth-order valence-corrected chi connectivity index (χ4v) is 3.12. The summed E-state index contributed by atoms with van der Waals surface area (Å²) in [6, 6.07) is 18.6. The Morgan fingerprint density at radius 1 is 1.04 bits per heavy atom. The zero-order chi connectivity index (χ0) is 16.9. The van der Waals surface area contributed by atoms with E-state index in [1.54, 1.807) is 0 Å². The average Bonchev–Trinajstić information content (AvgIpc) is 3.35. The molecule has 0 aliphatic heterocycles. The van der Waals surface area contributed by atoms with Gasteiger partial charge in [0.1, 0.15) is 6.04 Å². The van der Waals surface area contributed by atoms with Gasteiger partial charge in [0.05, 0.1) is 0 Å². The van der Waals surface area contributed by atoms with Crippen molar-refractivity contribution >= 4 is 11.9 Å². The summed E-state index contributed by atoms with van der Waals surface area (Å²) in [6.07, 6.45) is 1.68. The van der Waals surface area contributed by atoms with E-state index >= 15 is 0 Å². The highest BCUT2D eigenvalue weighted by Crippen LogP contribution is 2.49. The van der Waals surface area contributed by atoms with Gasteiger partial charge in [-0.2, -0.15) is 0 Å². The molecule has 3 atom stereocenters. The summed E-state index contributed by atoms with van der Waals surface area (Å²) in [5, 5.41) is 12.0. The van der Waals surface area contributed by atoms with Crippen LogP contribution in [0.4, 0.5) is 0 Å². The molecule has 1 aliphatic carbocycles. The van der Waals surface area contributed by atoms with Crippen LogP contribution in [0.2, 0.25) is 0 Å². The molecule has 0 unspecified atom stereocenters. The SMILES string of the molecule is O=C(C[C@@H]1C[C@H]1c1ccccc1)N[C@@H](Cc1ccccc1)C(=O)O. The second-order valence-corrected chi connectivity index (χ2v) is 6.37. The van der Waals surface area contributed by atoms with E-state index in [0.29, 0.717) is 24.7 Å². The fraction of sp³-hybridized carbons (Fsp3) is 0.300. The average molecular weight is 323 g/mol. The third-order valence-corrected chi connectivity index (χ3v) is 4.51. The van der Waals surface area contributed by atoms with E-state index in [2.05, 4.69) is 17.4 Å². The van der Waals surface area contributed by atoms with Crippen LogP contribution < -0.4 is 5.32 Å². The maximum absolute atomic E-state index is 12.2. The van der Waals surface area contributed by atoms with Gasteiger partial charge in [-0.25, -0.2) is 4.79 Å². The summed E-state index contributed by atoms with van der Waals surface area (Å²) in [6.45, 7) is 0. The molecule has 1 saturated carbocycles. The lowest BCUT2D eigenvalue weighted by Crippen LogP contribution is -2.42. The van der Waals surface area contributed by atoms with Gasteiger partial charge >= 0.3 is 5.97 Å². The van der Waals surface area contributed by atoms with Crippen molar-refractivity contribution in [3.05, 3.63) is 71.8 Å². The summed E-state index contributed by atoms with van der Waals surface area (Å²) >= 11 is 0. The van der Waals surface area contributed by atoms with Crippen LogP contribution in [-0.2, 0) is 16.0 Å². The van der Waals surface area contributed by atoms with E-state index in [9.17, 15) is 14.7 Å². The first-order valence-electron chi connectivity index (χ1n) is 8.24. The first-order chi connectivity index (χ1) is 11.6. The zero-order valence-corrected chi connectivity index (χ0v) is 13.4. The Balaban J connectivity index is 1.52. The Labute approximate surface area is 141 Å². The summed E-state index contributed by atoms with van der Waals surface area (Å²) in [7, 11) is 0. The molecule has 0 aromatic heterocycles. The number of nitrogens with one attached hydrogen (secondary N) is 1. The molecule has 2 N–H and O–H groups in total. The van der Waals surface area contributed by atoms with E-state index in [-0.39, 0.29) is 5.91 Å². The van der Waals surface area contributed by atoms with Crippen LogP contribution in [-0.4, -0.2) is 23.0 Å². The molecular weight excluding hydrogens is 302 g/mol. The number of amides is 1. The second kappa shape index (κ2) is 7.30. The number of aliphatic carboxylic acids is 1. The minimum atomic E-state index is -0.998. The van der Waals surface area contributed by atoms with E-state index in [0.717, 1.165) is 12.0 Å². The Bertz CT molecular complexity index is 699. The molecule has 3 rings (SSSR count). The number of carbonyl (C=O) groups is 2. The maximum atomic E-state index is 12.2. The molecule has 124 valence electrons. The highest BCUT2D eigenvalue weighted by Gasteiger charge is 2.39. The normalized spacial score (nSPS) is 20.2. The van der Waals surface area contributed by atoms with Crippen molar-refractivity contribution in [3.8, 4) is 0 Å². The standard InChI is InChI=1S/C20H21NO3/c22-19(13-16-12-17(16)15-9-5-2-6-10-15)21-18(20(23)24)11-14-7-3-1-4-8-14/h1-10,16-18H,11-13H2,(H,21,22)(H,23,24)/t16-,17-,18-/m0/s1. The molecule has 0 radical (unpaired) electrons. The zero-order valence-electron chi connectivity index (χ0n) is 13.4. The number of hydrogen-bond acceptors (Lipinski definition) is 2. The van der Waals surface area contributed by atoms with E-state index < -0.39 is 12.0 Å². The smallest absolute Gasteiger partial charge is 0.326 e. The second-order valence-electron chi connectivity index (χ2n) is 6.37. The van der Waals surface area contributed by atoms with Gasteiger partial charge in [0, 0.05) is 12.8 Å². The van der Waals surface area contributed by atoms with Crippen molar-refractivity contribution in [2.75, 3.05) is 0 Å². The van der Waals surface area contributed by atoms with Crippen molar-refractivity contribution in [1.82, 2.24) is 5.32 Å². The molecule has 0 bridgehead atoms. The first kappa shape index (κ1) is 16.2. The van der Waals surface area contributed by atoms with Gasteiger partial charge in [0.2, 0.25) is 5.91 Å². The van der Waals surface area contributed by atoms with Gasteiger partial charge < -0.3 is 10.4 Å². The van der Waals surface area contributed by atoms with Gasteiger partial charge in [-0.1, -0.05) is 60.7 Å². The van der Waals surface area contributed by atoms with Gasteiger partial charge in [0.25, 0.3) is 0 Å². The molecule has 24 heavy (non-hydrogen) atoms. The predicted octanol–water partition coefficient (Wildman–Crippen LogP) is 2.99. The van der Waals surface area contributed by atoms with Crippen molar-refractivity contribution in [3.63, 3.8) is 0 Å². The van der Waals surface area contributed by atoms with Crippen molar-refractivity contribution < 1.29 is 14.7 Å². The van der Waals surface area contributed by atoms with E-state index in [1.807, 2.05) is 48.5 Å². The first-order valence-corrected chi connectivity index (χ1v) is 8.24. The molecule has 1 fully saturated rings. The summed E-state index contributed by atoms with van der Waals surface area (Å²) in [4.78, 5) is 23.6. The highest BCUT2D eigenvalue weighted by atomic mass is 16.4. The minimum Gasteiger partial charge on any atom is -0.480 e.